The molecule has 1 amide bonds. The summed E-state index contributed by atoms with van der Waals surface area (Å²) in [6.07, 6.45) is 5.46. The fourth-order valence-electron chi connectivity index (χ4n) is 2.11. The first-order valence-corrected chi connectivity index (χ1v) is 5.73. The van der Waals surface area contributed by atoms with Crippen LogP contribution in [-0.2, 0) is 0 Å². The largest absolute Gasteiger partial charge is 0.348 e. The molecule has 1 heterocycles. The number of nitrogens with two attached hydrogens (primary N) is 1. The van der Waals surface area contributed by atoms with E-state index in [9.17, 15) is 4.79 Å². The molecule has 1 aromatic heterocycles. The average Bonchev–Trinajstić information content (AvgIpc) is 2.68. The summed E-state index contributed by atoms with van der Waals surface area (Å²) in [5, 5.41) is 3.01. The SMILES string of the molecule is Cc1[nH]cnc1C(=O)N[C@H]1CC[C@H](N)CC1. The number of hydrogen-bond acceptors (Lipinski definition) is 3. The lowest BCUT2D eigenvalue weighted by Crippen LogP contribution is -2.40. The van der Waals surface area contributed by atoms with Crippen LogP contribution in [0.15, 0.2) is 6.33 Å². The normalized spacial score (nSPS) is 25.4. The number of rotatable bonds is 2. The highest BCUT2D eigenvalue weighted by molar-refractivity contribution is 5.93. The molecule has 1 aromatic rings. The molecular weight excluding hydrogens is 204 g/mol. The lowest BCUT2D eigenvalue weighted by Gasteiger charge is -2.26. The van der Waals surface area contributed by atoms with Crippen molar-refractivity contribution in [1.29, 1.82) is 0 Å². The van der Waals surface area contributed by atoms with Gasteiger partial charge in [-0.25, -0.2) is 4.98 Å². The second-order valence-corrected chi connectivity index (χ2v) is 4.46. The molecule has 88 valence electrons. The van der Waals surface area contributed by atoms with Crippen LogP contribution in [0.3, 0.4) is 0 Å². The Morgan fingerprint density at radius 2 is 2.19 bits per heavy atom. The molecule has 16 heavy (non-hydrogen) atoms. The van der Waals surface area contributed by atoms with Crippen molar-refractivity contribution < 1.29 is 4.79 Å². The Morgan fingerprint density at radius 3 is 2.75 bits per heavy atom. The first kappa shape index (κ1) is 11.1. The van der Waals surface area contributed by atoms with Crippen LogP contribution < -0.4 is 11.1 Å². The minimum atomic E-state index is -0.0841. The number of aromatic nitrogens is 2. The van der Waals surface area contributed by atoms with E-state index in [0.717, 1.165) is 31.4 Å². The van der Waals surface area contributed by atoms with Crippen molar-refractivity contribution in [1.82, 2.24) is 15.3 Å². The van der Waals surface area contributed by atoms with Gasteiger partial charge in [0.2, 0.25) is 0 Å². The van der Waals surface area contributed by atoms with E-state index in [-0.39, 0.29) is 11.9 Å². The van der Waals surface area contributed by atoms with E-state index in [2.05, 4.69) is 15.3 Å². The predicted octanol–water partition coefficient (Wildman–Crippen LogP) is 0.718. The summed E-state index contributed by atoms with van der Waals surface area (Å²) in [5.41, 5.74) is 7.12. The predicted molar refractivity (Wildman–Crippen MR) is 61.0 cm³/mol. The molecule has 0 aliphatic heterocycles. The van der Waals surface area contributed by atoms with Gasteiger partial charge in [0.05, 0.1) is 6.33 Å². The van der Waals surface area contributed by atoms with Crippen LogP contribution in [-0.4, -0.2) is 28.0 Å². The van der Waals surface area contributed by atoms with E-state index in [1.165, 1.54) is 0 Å². The Hall–Kier alpha value is -1.36. The van der Waals surface area contributed by atoms with Gasteiger partial charge in [-0.2, -0.15) is 0 Å². The first-order valence-electron chi connectivity index (χ1n) is 5.73. The van der Waals surface area contributed by atoms with Crippen molar-refractivity contribution in [2.24, 2.45) is 5.73 Å². The van der Waals surface area contributed by atoms with Crippen molar-refractivity contribution in [3.05, 3.63) is 17.7 Å². The topological polar surface area (TPSA) is 83.8 Å². The summed E-state index contributed by atoms with van der Waals surface area (Å²) in [6, 6.07) is 0.559. The second kappa shape index (κ2) is 4.65. The second-order valence-electron chi connectivity index (χ2n) is 4.46. The van der Waals surface area contributed by atoms with Gasteiger partial charge in [-0.1, -0.05) is 0 Å². The fourth-order valence-corrected chi connectivity index (χ4v) is 2.11. The molecule has 1 aliphatic rings. The van der Waals surface area contributed by atoms with Crippen LogP contribution in [0.1, 0.15) is 41.9 Å². The van der Waals surface area contributed by atoms with Crippen molar-refractivity contribution in [2.45, 2.75) is 44.7 Å². The summed E-state index contributed by atoms with van der Waals surface area (Å²) in [5.74, 6) is -0.0841. The van der Waals surface area contributed by atoms with Gasteiger partial charge in [0, 0.05) is 17.8 Å². The number of nitrogens with zero attached hydrogens (tertiary/aromatic N) is 1. The highest BCUT2D eigenvalue weighted by Crippen LogP contribution is 2.17. The third kappa shape index (κ3) is 2.41. The van der Waals surface area contributed by atoms with Gasteiger partial charge >= 0.3 is 0 Å². The van der Waals surface area contributed by atoms with Crippen molar-refractivity contribution in [2.75, 3.05) is 0 Å². The number of carbonyl (C=O) groups excluding carboxylic acids is 1. The van der Waals surface area contributed by atoms with E-state index < -0.39 is 0 Å². The van der Waals surface area contributed by atoms with E-state index in [1.807, 2.05) is 6.92 Å². The van der Waals surface area contributed by atoms with Crippen LogP contribution in [0.5, 0.6) is 0 Å². The zero-order valence-corrected chi connectivity index (χ0v) is 9.49. The Kier molecular flexibility index (Phi) is 3.24. The molecule has 1 saturated carbocycles. The summed E-state index contributed by atoms with van der Waals surface area (Å²) in [7, 11) is 0. The zero-order valence-electron chi connectivity index (χ0n) is 9.49. The number of carbonyl (C=O) groups is 1. The van der Waals surface area contributed by atoms with Crippen LogP contribution in [0.4, 0.5) is 0 Å². The minimum absolute atomic E-state index is 0.0841. The Labute approximate surface area is 94.8 Å². The highest BCUT2D eigenvalue weighted by Gasteiger charge is 2.21. The monoisotopic (exact) mass is 222 g/mol. The quantitative estimate of drug-likeness (QED) is 0.689. The van der Waals surface area contributed by atoms with Crippen LogP contribution in [0.2, 0.25) is 0 Å². The van der Waals surface area contributed by atoms with E-state index in [1.54, 1.807) is 6.33 Å². The molecule has 0 radical (unpaired) electrons. The molecule has 0 saturated heterocycles. The molecule has 0 bridgehead atoms. The smallest absolute Gasteiger partial charge is 0.271 e. The van der Waals surface area contributed by atoms with Gasteiger partial charge in [-0.15, -0.1) is 0 Å². The number of amides is 1. The molecule has 1 aliphatic carbocycles. The molecule has 0 aromatic carbocycles. The van der Waals surface area contributed by atoms with Crippen molar-refractivity contribution in [3.8, 4) is 0 Å². The highest BCUT2D eigenvalue weighted by atomic mass is 16.2. The standard InChI is InChI=1S/C11H18N4O/c1-7-10(14-6-13-7)11(16)15-9-4-2-8(12)3-5-9/h6,8-9H,2-5,12H2,1H3,(H,13,14)(H,15,16)/t8-,9-. The minimum Gasteiger partial charge on any atom is -0.348 e. The molecule has 0 atom stereocenters. The molecule has 5 nitrogen and oxygen atoms in total. The van der Waals surface area contributed by atoms with Gasteiger partial charge in [-0.3, -0.25) is 4.79 Å². The van der Waals surface area contributed by atoms with Gasteiger partial charge in [0.15, 0.2) is 0 Å². The van der Waals surface area contributed by atoms with Gasteiger partial charge in [0.25, 0.3) is 5.91 Å². The molecule has 0 unspecified atom stereocenters. The number of hydrogen-bond donors (Lipinski definition) is 3. The van der Waals surface area contributed by atoms with Gasteiger partial charge in [-0.05, 0) is 32.6 Å². The van der Waals surface area contributed by atoms with Gasteiger partial charge in [0.1, 0.15) is 5.69 Å². The van der Waals surface area contributed by atoms with Crippen LogP contribution in [0, 0.1) is 6.92 Å². The molecule has 5 heteroatoms. The Morgan fingerprint density at radius 1 is 1.50 bits per heavy atom. The number of aryl methyl sites for hydroxylation is 1. The zero-order chi connectivity index (χ0) is 11.5. The lowest BCUT2D eigenvalue weighted by atomic mass is 9.92. The summed E-state index contributed by atoms with van der Waals surface area (Å²) >= 11 is 0. The number of nitrogens with one attached hydrogen (secondary N) is 2. The Balaban J connectivity index is 1.91. The van der Waals surface area contributed by atoms with Crippen LogP contribution in [0.25, 0.3) is 0 Å². The van der Waals surface area contributed by atoms with Crippen molar-refractivity contribution >= 4 is 5.91 Å². The summed E-state index contributed by atoms with van der Waals surface area (Å²) in [6.45, 7) is 1.85. The van der Waals surface area contributed by atoms with E-state index >= 15 is 0 Å². The molecule has 0 spiro atoms. The first-order chi connectivity index (χ1) is 7.66. The molecular formula is C11H18N4O. The number of aromatic amines is 1. The van der Waals surface area contributed by atoms with E-state index in [4.69, 9.17) is 5.73 Å². The molecule has 2 rings (SSSR count). The number of imidazole rings is 1. The lowest BCUT2D eigenvalue weighted by molar-refractivity contribution is 0.0920. The average molecular weight is 222 g/mol. The van der Waals surface area contributed by atoms with Crippen LogP contribution >= 0.6 is 0 Å². The number of H-pyrrole nitrogens is 1. The summed E-state index contributed by atoms with van der Waals surface area (Å²) < 4.78 is 0. The Bertz CT molecular complexity index is 366. The maximum atomic E-state index is 11.9. The van der Waals surface area contributed by atoms with E-state index in [0.29, 0.717) is 11.7 Å². The maximum Gasteiger partial charge on any atom is 0.271 e. The molecule has 4 N–H and O–H groups in total. The maximum absolute atomic E-state index is 11.9. The fraction of sp³-hybridized carbons (Fsp3) is 0.636. The third-order valence-corrected chi connectivity index (χ3v) is 3.15. The molecule has 1 fully saturated rings. The third-order valence-electron chi connectivity index (χ3n) is 3.15. The van der Waals surface area contributed by atoms with Gasteiger partial charge < -0.3 is 16.0 Å². The summed E-state index contributed by atoms with van der Waals surface area (Å²) in [4.78, 5) is 18.8. The van der Waals surface area contributed by atoms with Crippen molar-refractivity contribution in [3.63, 3.8) is 0 Å².